The maximum absolute atomic E-state index is 13.0. The molecule has 108 valence electrons. The molecule has 1 aromatic heterocycles. The smallest absolute Gasteiger partial charge is 0.330 e. The normalized spacial score (nSPS) is 11.8. The summed E-state index contributed by atoms with van der Waals surface area (Å²) in [6.45, 7) is 1.90. The number of rotatable bonds is 4. The summed E-state index contributed by atoms with van der Waals surface area (Å²) in [7, 11) is 0. The molecule has 1 aromatic carbocycles. The minimum Gasteiger partial charge on any atom is -0.330 e. The van der Waals surface area contributed by atoms with Crippen molar-refractivity contribution in [2.45, 2.75) is 29.6 Å². The molecule has 0 aliphatic carbocycles. The molecule has 0 fully saturated rings. The van der Waals surface area contributed by atoms with Crippen LogP contribution < -0.4 is 5.73 Å². The first kappa shape index (κ1) is 14.9. The van der Waals surface area contributed by atoms with Crippen molar-refractivity contribution in [3.63, 3.8) is 0 Å². The molecule has 0 bridgehead atoms. The van der Waals surface area contributed by atoms with Crippen molar-refractivity contribution >= 4 is 11.8 Å². The van der Waals surface area contributed by atoms with Crippen LogP contribution in [-0.2, 0) is 12.6 Å². The van der Waals surface area contributed by atoms with Gasteiger partial charge in [0.2, 0.25) is 5.16 Å². The largest absolute Gasteiger partial charge is 0.416 e. The number of H-pyrrole nitrogens is 1. The Labute approximate surface area is 118 Å². The van der Waals surface area contributed by atoms with Gasteiger partial charge in [-0.25, -0.2) is 4.98 Å². The number of nitrogens with zero attached hydrogens (tertiary/aromatic N) is 2. The molecule has 4 nitrogen and oxygen atoms in total. The van der Waals surface area contributed by atoms with E-state index in [9.17, 15) is 13.2 Å². The SMILES string of the molecule is Cc1nc(Sc2ccc(CCN)c(C(F)(F)F)c2)n[nH]1. The lowest BCUT2D eigenvalue weighted by atomic mass is 10.0. The third-order valence-electron chi connectivity index (χ3n) is 2.59. The van der Waals surface area contributed by atoms with Gasteiger partial charge in [-0.3, -0.25) is 5.10 Å². The van der Waals surface area contributed by atoms with Gasteiger partial charge in [0.05, 0.1) is 5.56 Å². The van der Waals surface area contributed by atoms with Crippen LogP contribution in [0.3, 0.4) is 0 Å². The first-order chi connectivity index (χ1) is 9.40. The molecule has 0 amide bonds. The molecule has 0 aliphatic rings. The van der Waals surface area contributed by atoms with Crippen molar-refractivity contribution in [3.8, 4) is 0 Å². The lowest BCUT2D eigenvalue weighted by molar-refractivity contribution is -0.138. The molecule has 0 aliphatic heterocycles. The zero-order valence-corrected chi connectivity index (χ0v) is 11.5. The standard InChI is InChI=1S/C12H13F3N4S/c1-7-17-11(19-18-7)20-9-3-2-8(4-5-16)10(6-9)12(13,14)15/h2-3,6H,4-5,16H2,1H3,(H,17,18,19). The van der Waals surface area contributed by atoms with Crippen LogP contribution in [0.5, 0.6) is 0 Å². The van der Waals surface area contributed by atoms with E-state index >= 15 is 0 Å². The maximum atomic E-state index is 13.0. The van der Waals surface area contributed by atoms with E-state index in [4.69, 9.17) is 5.73 Å². The number of aromatic nitrogens is 3. The summed E-state index contributed by atoms with van der Waals surface area (Å²) < 4.78 is 39.0. The highest BCUT2D eigenvalue weighted by Gasteiger charge is 2.33. The van der Waals surface area contributed by atoms with Crippen LogP contribution >= 0.6 is 11.8 Å². The maximum Gasteiger partial charge on any atom is 0.416 e. The average molecular weight is 302 g/mol. The molecule has 0 saturated carbocycles. The molecule has 2 rings (SSSR count). The van der Waals surface area contributed by atoms with Crippen molar-refractivity contribution in [2.75, 3.05) is 6.54 Å². The lowest BCUT2D eigenvalue weighted by Gasteiger charge is -2.13. The number of aromatic amines is 1. The fourth-order valence-electron chi connectivity index (χ4n) is 1.73. The van der Waals surface area contributed by atoms with Gasteiger partial charge in [-0.2, -0.15) is 13.2 Å². The van der Waals surface area contributed by atoms with Crippen molar-refractivity contribution < 1.29 is 13.2 Å². The Morgan fingerprint density at radius 3 is 2.65 bits per heavy atom. The number of hydrogen-bond acceptors (Lipinski definition) is 4. The number of alkyl halides is 3. The van der Waals surface area contributed by atoms with Gasteiger partial charge < -0.3 is 5.73 Å². The Hall–Kier alpha value is -1.54. The zero-order valence-electron chi connectivity index (χ0n) is 10.7. The van der Waals surface area contributed by atoms with E-state index < -0.39 is 11.7 Å². The minimum atomic E-state index is -4.39. The van der Waals surface area contributed by atoms with Crippen LogP contribution in [0, 0.1) is 6.92 Å². The monoisotopic (exact) mass is 302 g/mol. The number of nitrogens with two attached hydrogens (primary N) is 1. The van der Waals surface area contributed by atoms with E-state index in [-0.39, 0.29) is 18.5 Å². The summed E-state index contributed by atoms with van der Waals surface area (Å²) >= 11 is 1.08. The third kappa shape index (κ3) is 3.51. The Morgan fingerprint density at radius 1 is 1.35 bits per heavy atom. The van der Waals surface area contributed by atoms with Crippen LogP contribution in [0.25, 0.3) is 0 Å². The lowest BCUT2D eigenvalue weighted by Crippen LogP contribution is -2.12. The summed E-state index contributed by atoms with van der Waals surface area (Å²) in [5.41, 5.74) is 4.89. The predicted octanol–water partition coefficient (Wildman–Crippen LogP) is 2.78. The topological polar surface area (TPSA) is 67.6 Å². The first-order valence-corrected chi connectivity index (χ1v) is 6.69. The molecule has 3 N–H and O–H groups in total. The molecule has 2 aromatic rings. The van der Waals surface area contributed by atoms with Gasteiger partial charge in [-0.15, -0.1) is 5.10 Å². The Morgan fingerprint density at radius 2 is 2.10 bits per heavy atom. The van der Waals surface area contributed by atoms with E-state index in [1.165, 1.54) is 6.07 Å². The molecule has 0 saturated heterocycles. The number of aryl methyl sites for hydroxylation is 1. The average Bonchev–Trinajstić information content (AvgIpc) is 2.76. The predicted molar refractivity (Wildman–Crippen MR) is 69.4 cm³/mol. The van der Waals surface area contributed by atoms with Gasteiger partial charge in [-0.05, 0) is 49.3 Å². The third-order valence-corrected chi connectivity index (χ3v) is 3.44. The molecule has 8 heteroatoms. The molecule has 20 heavy (non-hydrogen) atoms. The van der Waals surface area contributed by atoms with Crippen molar-refractivity contribution in [2.24, 2.45) is 5.73 Å². The highest BCUT2D eigenvalue weighted by Crippen LogP contribution is 2.36. The quantitative estimate of drug-likeness (QED) is 0.911. The van der Waals surface area contributed by atoms with E-state index in [1.54, 1.807) is 13.0 Å². The summed E-state index contributed by atoms with van der Waals surface area (Å²) in [4.78, 5) is 4.49. The summed E-state index contributed by atoms with van der Waals surface area (Å²) in [5, 5.41) is 6.92. The molecule has 1 heterocycles. The van der Waals surface area contributed by atoms with Gasteiger partial charge in [-0.1, -0.05) is 6.07 Å². The number of hydrogen-bond donors (Lipinski definition) is 2. The Kier molecular flexibility index (Phi) is 4.34. The second kappa shape index (κ2) is 5.84. The molecule has 0 spiro atoms. The van der Waals surface area contributed by atoms with E-state index in [0.717, 1.165) is 17.8 Å². The Bertz CT molecular complexity index is 595. The molecule has 0 atom stereocenters. The van der Waals surface area contributed by atoms with E-state index in [0.29, 0.717) is 15.9 Å². The van der Waals surface area contributed by atoms with Crippen LogP contribution in [-0.4, -0.2) is 21.7 Å². The first-order valence-electron chi connectivity index (χ1n) is 5.87. The van der Waals surface area contributed by atoms with Crippen LogP contribution in [0.15, 0.2) is 28.3 Å². The summed E-state index contributed by atoms with van der Waals surface area (Å²) in [6, 6.07) is 4.19. The zero-order chi connectivity index (χ0) is 14.8. The minimum absolute atomic E-state index is 0.176. The fourth-order valence-corrected chi connectivity index (χ4v) is 2.53. The van der Waals surface area contributed by atoms with Crippen LogP contribution in [0.1, 0.15) is 17.0 Å². The summed E-state index contributed by atoms with van der Waals surface area (Å²) in [6.07, 6.45) is -4.20. The van der Waals surface area contributed by atoms with Gasteiger partial charge in [0.15, 0.2) is 0 Å². The molecule has 0 radical (unpaired) electrons. The second-order valence-corrected chi connectivity index (χ2v) is 5.20. The number of halogens is 3. The fraction of sp³-hybridized carbons (Fsp3) is 0.333. The van der Waals surface area contributed by atoms with E-state index in [2.05, 4.69) is 15.2 Å². The summed E-state index contributed by atoms with van der Waals surface area (Å²) in [5.74, 6) is 0.614. The second-order valence-electron chi connectivity index (χ2n) is 4.16. The Balaban J connectivity index is 2.31. The molecular formula is C12H13F3N4S. The van der Waals surface area contributed by atoms with Gasteiger partial charge >= 0.3 is 6.18 Å². The van der Waals surface area contributed by atoms with Crippen molar-refractivity contribution in [3.05, 3.63) is 35.2 Å². The highest BCUT2D eigenvalue weighted by molar-refractivity contribution is 7.99. The van der Waals surface area contributed by atoms with Gasteiger partial charge in [0.1, 0.15) is 5.82 Å². The van der Waals surface area contributed by atoms with Crippen molar-refractivity contribution in [1.29, 1.82) is 0 Å². The number of benzene rings is 1. The number of nitrogens with one attached hydrogen (secondary N) is 1. The highest BCUT2D eigenvalue weighted by atomic mass is 32.2. The molecular weight excluding hydrogens is 289 g/mol. The van der Waals surface area contributed by atoms with Gasteiger partial charge in [0, 0.05) is 4.90 Å². The van der Waals surface area contributed by atoms with Gasteiger partial charge in [0.25, 0.3) is 0 Å². The molecule has 0 unspecified atom stereocenters. The van der Waals surface area contributed by atoms with E-state index in [1.807, 2.05) is 0 Å². The van der Waals surface area contributed by atoms with Crippen LogP contribution in [0.4, 0.5) is 13.2 Å². The van der Waals surface area contributed by atoms with Crippen LogP contribution in [0.2, 0.25) is 0 Å². The van der Waals surface area contributed by atoms with Crippen molar-refractivity contribution in [1.82, 2.24) is 15.2 Å².